The minimum absolute atomic E-state index is 0.253. The minimum atomic E-state index is -0.804. The lowest BCUT2D eigenvalue weighted by molar-refractivity contribution is -0.145. The number of likely N-dealkylation sites (N-methyl/N-ethyl adjacent to an activating group) is 1. The number of methoxy groups -OCH3 is 1. The Labute approximate surface area is 84.8 Å². The molecule has 4 nitrogen and oxygen atoms in total. The standard InChI is InChI=1S/C10H19NO3/c1-7(8-4-5-8)11(2)9(6-14-3)10(12)13/h7-9H,4-6H2,1-3H3,(H,12,13). The fraction of sp³-hybridized carbons (Fsp3) is 0.900. The van der Waals surface area contributed by atoms with Crippen LogP contribution in [0.5, 0.6) is 0 Å². The maximum absolute atomic E-state index is 11.0. The van der Waals surface area contributed by atoms with Gasteiger partial charge in [0.05, 0.1) is 6.61 Å². The number of rotatable bonds is 6. The summed E-state index contributed by atoms with van der Waals surface area (Å²) in [6, 6.07) is -0.179. The van der Waals surface area contributed by atoms with Gasteiger partial charge in [-0.1, -0.05) is 0 Å². The Balaban J connectivity index is 2.51. The highest BCUT2D eigenvalue weighted by Gasteiger charge is 2.35. The van der Waals surface area contributed by atoms with Crippen molar-refractivity contribution in [1.29, 1.82) is 0 Å². The molecule has 2 unspecified atom stereocenters. The second-order valence-corrected chi connectivity index (χ2v) is 4.05. The van der Waals surface area contributed by atoms with Gasteiger partial charge in [-0.15, -0.1) is 0 Å². The topological polar surface area (TPSA) is 49.8 Å². The van der Waals surface area contributed by atoms with Crippen LogP contribution in [0.25, 0.3) is 0 Å². The molecule has 2 atom stereocenters. The Morgan fingerprint density at radius 3 is 2.57 bits per heavy atom. The predicted molar refractivity (Wildman–Crippen MR) is 53.2 cm³/mol. The molecule has 0 aromatic heterocycles. The maximum atomic E-state index is 11.0. The summed E-state index contributed by atoms with van der Waals surface area (Å²) in [6.07, 6.45) is 2.45. The highest BCUT2D eigenvalue weighted by molar-refractivity contribution is 5.73. The smallest absolute Gasteiger partial charge is 0.323 e. The highest BCUT2D eigenvalue weighted by Crippen LogP contribution is 2.35. The van der Waals surface area contributed by atoms with Crippen molar-refractivity contribution in [3.63, 3.8) is 0 Å². The van der Waals surface area contributed by atoms with Gasteiger partial charge in [0.15, 0.2) is 0 Å². The van der Waals surface area contributed by atoms with Crippen molar-refractivity contribution in [3.8, 4) is 0 Å². The third-order valence-electron chi connectivity index (χ3n) is 3.05. The van der Waals surface area contributed by atoms with E-state index in [1.807, 2.05) is 11.9 Å². The van der Waals surface area contributed by atoms with Gasteiger partial charge >= 0.3 is 5.97 Å². The van der Waals surface area contributed by atoms with Crippen molar-refractivity contribution >= 4 is 5.97 Å². The molecule has 0 saturated heterocycles. The van der Waals surface area contributed by atoms with Crippen molar-refractivity contribution < 1.29 is 14.6 Å². The molecule has 1 aliphatic rings. The van der Waals surface area contributed by atoms with Crippen LogP contribution < -0.4 is 0 Å². The van der Waals surface area contributed by atoms with Crippen LogP contribution in [0.3, 0.4) is 0 Å². The van der Waals surface area contributed by atoms with Crippen molar-refractivity contribution in [2.45, 2.75) is 31.8 Å². The SMILES string of the molecule is COCC(C(=O)O)N(C)C(C)C1CC1. The molecule has 0 aliphatic heterocycles. The summed E-state index contributed by atoms with van der Waals surface area (Å²) in [7, 11) is 3.40. The number of aliphatic carboxylic acids is 1. The minimum Gasteiger partial charge on any atom is -0.480 e. The van der Waals surface area contributed by atoms with E-state index in [2.05, 4.69) is 6.92 Å². The van der Waals surface area contributed by atoms with Crippen LogP contribution in [-0.4, -0.2) is 48.8 Å². The van der Waals surface area contributed by atoms with Gasteiger partial charge in [-0.25, -0.2) is 0 Å². The number of hydrogen-bond donors (Lipinski definition) is 1. The third kappa shape index (κ3) is 2.69. The van der Waals surface area contributed by atoms with Crippen LogP contribution in [0, 0.1) is 5.92 Å². The van der Waals surface area contributed by atoms with Crippen LogP contribution in [0.4, 0.5) is 0 Å². The molecule has 1 fully saturated rings. The second-order valence-electron chi connectivity index (χ2n) is 4.05. The summed E-state index contributed by atoms with van der Waals surface area (Å²) in [5.41, 5.74) is 0. The zero-order valence-corrected chi connectivity index (χ0v) is 9.06. The van der Waals surface area contributed by atoms with Crippen molar-refractivity contribution in [1.82, 2.24) is 4.90 Å². The number of carboxylic acid groups (broad SMARTS) is 1. The summed E-state index contributed by atoms with van der Waals surface area (Å²) >= 11 is 0. The fourth-order valence-corrected chi connectivity index (χ4v) is 1.72. The molecular formula is C10H19NO3. The van der Waals surface area contributed by atoms with Crippen LogP contribution in [0.15, 0.2) is 0 Å². The summed E-state index contributed by atoms with van der Waals surface area (Å²) < 4.78 is 4.91. The monoisotopic (exact) mass is 201 g/mol. The molecule has 1 N–H and O–H groups in total. The quantitative estimate of drug-likeness (QED) is 0.691. The Bertz CT molecular complexity index is 204. The van der Waals surface area contributed by atoms with Crippen LogP contribution in [-0.2, 0) is 9.53 Å². The van der Waals surface area contributed by atoms with E-state index in [1.165, 1.54) is 20.0 Å². The summed E-state index contributed by atoms with van der Waals surface area (Å²) in [5, 5.41) is 9.00. The van der Waals surface area contributed by atoms with Crippen LogP contribution in [0.1, 0.15) is 19.8 Å². The first-order valence-corrected chi connectivity index (χ1v) is 5.01. The van der Waals surface area contributed by atoms with Gasteiger partial charge < -0.3 is 9.84 Å². The maximum Gasteiger partial charge on any atom is 0.323 e. The fourth-order valence-electron chi connectivity index (χ4n) is 1.72. The van der Waals surface area contributed by atoms with Crippen molar-refractivity contribution in [3.05, 3.63) is 0 Å². The molecule has 0 spiro atoms. The Kier molecular flexibility index (Phi) is 3.89. The van der Waals surface area contributed by atoms with E-state index in [9.17, 15) is 4.79 Å². The average Bonchev–Trinajstić information content (AvgIpc) is 2.94. The Morgan fingerprint density at radius 2 is 2.21 bits per heavy atom. The number of carbonyl (C=O) groups is 1. The first kappa shape index (κ1) is 11.5. The molecular weight excluding hydrogens is 182 g/mol. The Hall–Kier alpha value is -0.610. The molecule has 0 heterocycles. The molecule has 1 aliphatic carbocycles. The number of nitrogens with zero attached hydrogens (tertiary/aromatic N) is 1. The Morgan fingerprint density at radius 1 is 1.64 bits per heavy atom. The summed E-state index contributed by atoms with van der Waals surface area (Å²) in [6.45, 7) is 2.34. The van der Waals surface area contributed by atoms with Gasteiger partial charge in [0.25, 0.3) is 0 Å². The lowest BCUT2D eigenvalue weighted by Crippen LogP contribution is -2.47. The van der Waals surface area contributed by atoms with E-state index in [4.69, 9.17) is 9.84 Å². The molecule has 0 aromatic carbocycles. The largest absolute Gasteiger partial charge is 0.480 e. The van der Waals surface area contributed by atoms with E-state index in [-0.39, 0.29) is 6.61 Å². The first-order chi connectivity index (χ1) is 6.57. The van der Waals surface area contributed by atoms with Gasteiger partial charge in [0, 0.05) is 13.2 Å². The average molecular weight is 201 g/mol. The van der Waals surface area contributed by atoms with E-state index in [0.717, 1.165) is 0 Å². The van der Waals surface area contributed by atoms with Crippen LogP contribution in [0.2, 0.25) is 0 Å². The molecule has 4 heteroatoms. The number of hydrogen-bond acceptors (Lipinski definition) is 3. The molecule has 1 rings (SSSR count). The summed E-state index contributed by atoms with van der Waals surface area (Å²) in [5.74, 6) is -0.124. The zero-order valence-electron chi connectivity index (χ0n) is 9.06. The highest BCUT2D eigenvalue weighted by atomic mass is 16.5. The molecule has 14 heavy (non-hydrogen) atoms. The molecule has 0 bridgehead atoms. The lowest BCUT2D eigenvalue weighted by Gasteiger charge is -2.30. The lowest BCUT2D eigenvalue weighted by atomic mass is 10.1. The molecule has 1 saturated carbocycles. The molecule has 0 amide bonds. The number of carboxylic acids is 1. The van der Waals surface area contributed by atoms with Crippen LogP contribution >= 0.6 is 0 Å². The van der Waals surface area contributed by atoms with Gasteiger partial charge in [0.2, 0.25) is 0 Å². The summed E-state index contributed by atoms with van der Waals surface area (Å²) in [4.78, 5) is 12.9. The second kappa shape index (κ2) is 4.75. The third-order valence-corrected chi connectivity index (χ3v) is 3.05. The zero-order chi connectivity index (χ0) is 10.7. The molecule has 0 radical (unpaired) electrons. The van der Waals surface area contributed by atoms with Gasteiger partial charge in [-0.3, -0.25) is 9.69 Å². The van der Waals surface area contributed by atoms with Crippen molar-refractivity contribution in [2.24, 2.45) is 5.92 Å². The predicted octanol–water partition coefficient (Wildman–Crippen LogP) is 0.816. The van der Waals surface area contributed by atoms with Crippen molar-refractivity contribution in [2.75, 3.05) is 20.8 Å². The molecule has 82 valence electrons. The van der Waals surface area contributed by atoms with E-state index in [0.29, 0.717) is 12.0 Å². The van der Waals surface area contributed by atoms with E-state index >= 15 is 0 Å². The molecule has 0 aromatic rings. The van der Waals surface area contributed by atoms with Gasteiger partial charge in [-0.2, -0.15) is 0 Å². The van der Waals surface area contributed by atoms with E-state index < -0.39 is 12.0 Å². The van der Waals surface area contributed by atoms with E-state index in [1.54, 1.807) is 0 Å². The first-order valence-electron chi connectivity index (χ1n) is 5.01. The normalized spacial score (nSPS) is 20.9. The number of ether oxygens (including phenoxy) is 1. The van der Waals surface area contributed by atoms with Gasteiger partial charge in [0.1, 0.15) is 6.04 Å². The van der Waals surface area contributed by atoms with Gasteiger partial charge in [-0.05, 0) is 32.7 Å².